The van der Waals surface area contributed by atoms with E-state index in [1.54, 1.807) is 54.6 Å². The summed E-state index contributed by atoms with van der Waals surface area (Å²) in [4.78, 5) is 41.3. The van der Waals surface area contributed by atoms with Crippen LogP contribution in [-0.4, -0.2) is 17.7 Å². The third-order valence-corrected chi connectivity index (χ3v) is 6.23. The van der Waals surface area contributed by atoms with Gasteiger partial charge in [-0.3, -0.25) is 14.4 Å². The Balaban J connectivity index is 1.46. The molecule has 8 heteroatoms. The van der Waals surface area contributed by atoms with Crippen molar-refractivity contribution in [3.05, 3.63) is 120 Å². The molecule has 2 heterocycles. The van der Waals surface area contributed by atoms with E-state index >= 15 is 0 Å². The molecule has 3 amide bonds. The zero-order valence-electron chi connectivity index (χ0n) is 18.3. The molecule has 0 radical (unpaired) electrons. The van der Waals surface area contributed by atoms with Gasteiger partial charge in [0.25, 0.3) is 17.7 Å². The predicted molar refractivity (Wildman–Crippen MR) is 135 cm³/mol. The quantitative estimate of drug-likeness (QED) is 0.338. The summed E-state index contributed by atoms with van der Waals surface area (Å²) in [6.07, 6.45) is 1.43. The van der Waals surface area contributed by atoms with E-state index in [2.05, 4.69) is 10.6 Å². The fourth-order valence-corrected chi connectivity index (χ4v) is 4.53. The second-order valence-electron chi connectivity index (χ2n) is 7.54. The van der Waals surface area contributed by atoms with E-state index in [0.29, 0.717) is 22.0 Å². The van der Waals surface area contributed by atoms with Crippen LogP contribution in [0.1, 0.15) is 10.6 Å². The number of hydrogen-bond donors (Lipinski definition) is 2. The molecule has 0 bridgehead atoms. The summed E-state index contributed by atoms with van der Waals surface area (Å²) in [7, 11) is 0. The third-order valence-electron chi connectivity index (χ3n) is 5.16. The van der Waals surface area contributed by atoms with Crippen LogP contribution in [0.25, 0.3) is 0 Å². The van der Waals surface area contributed by atoms with Gasteiger partial charge in [0.05, 0.1) is 12.0 Å². The Morgan fingerprint density at radius 3 is 2.20 bits per heavy atom. The number of hydrogen-bond acceptors (Lipinski definition) is 6. The molecular formula is C27H19N3O4S. The smallest absolute Gasteiger partial charge is 0.291 e. The Labute approximate surface area is 205 Å². The number of anilines is 3. The highest BCUT2D eigenvalue weighted by Crippen LogP contribution is 2.38. The molecule has 0 fully saturated rings. The maximum Gasteiger partial charge on any atom is 0.291 e. The van der Waals surface area contributed by atoms with Crippen molar-refractivity contribution < 1.29 is 18.8 Å². The number of imide groups is 1. The van der Waals surface area contributed by atoms with E-state index in [4.69, 9.17) is 4.42 Å². The van der Waals surface area contributed by atoms with Crippen LogP contribution in [0.5, 0.6) is 0 Å². The van der Waals surface area contributed by atoms with Crippen LogP contribution in [0.15, 0.2) is 123 Å². The van der Waals surface area contributed by atoms with Crippen LogP contribution in [0.4, 0.5) is 17.1 Å². The number of nitrogens with one attached hydrogen (secondary N) is 2. The number of thioether (sulfide) groups is 1. The minimum atomic E-state index is -0.435. The minimum absolute atomic E-state index is 0.190. The Bertz CT molecular complexity index is 1420. The van der Waals surface area contributed by atoms with Gasteiger partial charge in [0.1, 0.15) is 10.6 Å². The number of benzene rings is 3. The summed E-state index contributed by atoms with van der Waals surface area (Å²) < 4.78 is 5.14. The second-order valence-corrected chi connectivity index (χ2v) is 8.62. The number of rotatable bonds is 7. The van der Waals surface area contributed by atoms with E-state index < -0.39 is 11.8 Å². The van der Waals surface area contributed by atoms with Crippen LogP contribution < -0.4 is 15.5 Å². The Kier molecular flexibility index (Phi) is 6.19. The van der Waals surface area contributed by atoms with Gasteiger partial charge in [-0.1, -0.05) is 54.2 Å². The number of nitrogens with zero attached hydrogens (tertiary/aromatic N) is 1. The summed E-state index contributed by atoms with van der Waals surface area (Å²) in [6.45, 7) is 0. The lowest BCUT2D eigenvalue weighted by molar-refractivity contribution is -0.120. The second kappa shape index (κ2) is 9.74. The summed E-state index contributed by atoms with van der Waals surface area (Å²) in [5.74, 6) is -1.05. The molecule has 1 aromatic heterocycles. The first-order valence-electron chi connectivity index (χ1n) is 10.7. The Morgan fingerprint density at radius 1 is 0.771 bits per heavy atom. The maximum atomic E-state index is 13.4. The fourth-order valence-electron chi connectivity index (χ4n) is 3.55. The zero-order valence-corrected chi connectivity index (χ0v) is 19.1. The van der Waals surface area contributed by atoms with Crippen LogP contribution in [0, 0.1) is 0 Å². The highest BCUT2D eigenvalue weighted by Gasteiger charge is 2.40. The van der Waals surface area contributed by atoms with E-state index in [0.717, 1.165) is 16.7 Å². The van der Waals surface area contributed by atoms with Crippen molar-refractivity contribution in [3.63, 3.8) is 0 Å². The van der Waals surface area contributed by atoms with Crippen molar-refractivity contribution in [2.75, 3.05) is 15.5 Å². The third kappa shape index (κ3) is 4.73. The number of carbonyl (C=O) groups is 3. The van der Waals surface area contributed by atoms with Gasteiger partial charge < -0.3 is 15.1 Å². The summed E-state index contributed by atoms with van der Waals surface area (Å²) in [5, 5.41) is 5.90. The molecule has 172 valence electrons. The highest BCUT2D eigenvalue weighted by atomic mass is 32.2. The molecule has 0 spiro atoms. The normalized spacial score (nSPS) is 13.3. The molecule has 5 rings (SSSR count). The monoisotopic (exact) mass is 481 g/mol. The van der Waals surface area contributed by atoms with Crippen LogP contribution in [0.2, 0.25) is 0 Å². The Morgan fingerprint density at radius 2 is 1.49 bits per heavy atom. The maximum absolute atomic E-state index is 13.4. The standard InChI is InChI=1S/C27H19N3O4S/c31-25(22-15-8-16-34-22)29-19-11-7-14-21(17-19)35-24-23(28-18-9-3-1-4-10-18)26(32)30(27(24)33)20-12-5-2-6-13-20/h1-17,28H,(H,29,31). The zero-order chi connectivity index (χ0) is 24.2. The molecular weight excluding hydrogens is 462 g/mol. The van der Waals surface area contributed by atoms with Gasteiger partial charge in [0.2, 0.25) is 0 Å². The molecule has 0 saturated heterocycles. The summed E-state index contributed by atoms with van der Waals surface area (Å²) in [6, 6.07) is 28.3. The Hall–Kier alpha value is -4.56. The number of carbonyl (C=O) groups excluding carboxylic acids is 3. The molecule has 35 heavy (non-hydrogen) atoms. The van der Waals surface area contributed by atoms with Gasteiger partial charge in [-0.25, -0.2) is 4.90 Å². The van der Waals surface area contributed by atoms with Gasteiger partial charge in [0.15, 0.2) is 5.76 Å². The van der Waals surface area contributed by atoms with Crippen molar-refractivity contribution in [1.29, 1.82) is 0 Å². The molecule has 2 N–H and O–H groups in total. The van der Waals surface area contributed by atoms with E-state index in [1.165, 1.54) is 6.26 Å². The SMILES string of the molecule is O=C(Nc1cccc(SC2=C(Nc3ccccc3)C(=O)N(c3ccccc3)C2=O)c1)c1ccco1. The molecule has 0 unspecified atom stereocenters. The summed E-state index contributed by atoms with van der Waals surface area (Å²) >= 11 is 1.16. The largest absolute Gasteiger partial charge is 0.459 e. The first kappa shape index (κ1) is 22.2. The van der Waals surface area contributed by atoms with Crippen molar-refractivity contribution >= 4 is 46.5 Å². The van der Waals surface area contributed by atoms with Gasteiger partial charge in [-0.15, -0.1) is 0 Å². The lowest BCUT2D eigenvalue weighted by atomic mass is 10.3. The molecule has 0 saturated carbocycles. The predicted octanol–water partition coefficient (Wildman–Crippen LogP) is 5.52. The van der Waals surface area contributed by atoms with Crippen molar-refractivity contribution in [1.82, 2.24) is 0 Å². The van der Waals surface area contributed by atoms with E-state index in [-0.39, 0.29) is 22.3 Å². The van der Waals surface area contributed by atoms with E-state index in [1.807, 2.05) is 42.5 Å². The van der Waals surface area contributed by atoms with Crippen LogP contribution in [0.3, 0.4) is 0 Å². The van der Waals surface area contributed by atoms with Gasteiger partial charge in [0, 0.05) is 16.3 Å². The van der Waals surface area contributed by atoms with Crippen molar-refractivity contribution in [2.45, 2.75) is 4.90 Å². The number of amides is 3. The first-order chi connectivity index (χ1) is 17.1. The number of para-hydroxylation sites is 2. The van der Waals surface area contributed by atoms with Crippen molar-refractivity contribution in [3.8, 4) is 0 Å². The average molecular weight is 482 g/mol. The lowest BCUT2D eigenvalue weighted by Crippen LogP contribution is -2.32. The molecule has 7 nitrogen and oxygen atoms in total. The van der Waals surface area contributed by atoms with Gasteiger partial charge in [-0.05, 0) is 54.6 Å². The van der Waals surface area contributed by atoms with E-state index in [9.17, 15) is 14.4 Å². The van der Waals surface area contributed by atoms with Crippen molar-refractivity contribution in [2.24, 2.45) is 0 Å². The highest BCUT2D eigenvalue weighted by molar-refractivity contribution is 8.04. The molecule has 0 aliphatic carbocycles. The minimum Gasteiger partial charge on any atom is -0.459 e. The molecule has 1 aliphatic rings. The molecule has 3 aromatic carbocycles. The molecule has 4 aromatic rings. The topological polar surface area (TPSA) is 91.7 Å². The first-order valence-corrected chi connectivity index (χ1v) is 11.5. The summed E-state index contributed by atoms with van der Waals surface area (Å²) in [5.41, 5.74) is 1.91. The van der Waals surface area contributed by atoms with Gasteiger partial charge >= 0.3 is 0 Å². The van der Waals surface area contributed by atoms with Gasteiger partial charge in [-0.2, -0.15) is 0 Å². The average Bonchev–Trinajstić information content (AvgIpc) is 3.49. The molecule has 0 atom stereocenters. The lowest BCUT2D eigenvalue weighted by Gasteiger charge is -2.15. The number of furan rings is 1. The van der Waals surface area contributed by atoms with Crippen LogP contribution in [-0.2, 0) is 9.59 Å². The molecule has 1 aliphatic heterocycles. The van der Waals surface area contributed by atoms with Crippen LogP contribution >= 0.6 is 11.8 Å². The fraction of sp³-hybridized carbons (Fsp3) is 0.